The lowest BCUT2D eigenvalue weighted by atomic mass is 9.88. The van der Waals surface area contributed by atoms with Crippen molar-refractivity contribution in [2.24, 2.45) is 11.8 Å². The van der Waals surface area contributed by atoms with Crippen LogP contribution < -0.4 is 0 Å². The fourth-order valence-electron chi connectivity index (χ4n) is 5.02. The van der Waals surface area contributed by atoms with Crippen molar-refractivity contribution in [1.82, 2.24) is 0 Å². The lowest BCUT2D eigenvalue weighted by Crippen LogP contribution is -2.37. The molecule has 3 N–H and O–H groups in total. The first kappa shape index (κ1) is 24.9. The van der Waals surface area contributed by atoms with Gasteiger partial charge in [-0.1, -0.05) is 56.5 Å². The summed E-state index contributed by atoms with van der Waals surface area (Å²) in [6.07, 6.45) is 9.57. The smallest absolute Gasteiger partial charge is 0.303 e. The summed E-state index contributed by atoms with van der Waals surface area (Å²) in [5.41, 5.74) is 2.07. The molecular weight excluding hydrogens is 408 g/mol. The minimum atomic E-state index is -1.39. The zero-order valence-electron chi connectivity index (χ0n) is 19.1. The van der Waals surface area contributed by atoms with Gasteiger partial charge in [-0.25, -0.2) is 0 Å². The minimum Gasteiger partial charge on any atom is -0.481 e. The van der Waals surface area contributed by atoms with Crippen LogP contribution in [0.5, 0.6) is 0 Å². The number of aliphatic carboxylic acids is 1. The van der Waals surface area contributed by atoms with Crippen molar-refractivity contribution in [3.8, 4) is 0 Å². The Morgan fingerprint density at radius 3 is 2.78 bits per heavy atom. The Morgan fingerprint density at radius 2 is 2.00 bits per heavy atom. The van der Waals surface area contributed by atoms with Crippen molar-refractivity contribution < 1.29 is 29.6 Å². The molecule has 0 spiro atoms. The maximum Gasteiger partial charge on any atom is 0.303 e. The number of carboxylic acid groups (broad SMARTS) is 1. The van der Waals surface area contributed by atoms with E-state index in [1.165, 1.54) is 0 Å². The van der Waals surface area contributed by atoms with Crippen LogP contribution in [-0.2, 0) is 27.3 Å². The molecule has 3 rings (SSSR count). The molecule has 1 aliphatic heterocycles. The van der Waals surface area contributed by atoms with Crippen LogP contribution in [0.25, 0.3) is 0 Å². The van der Waals surface area contributed by atoms with Gasteiger partial charge in [0.05, 0.1) is 18.8 Å². The zero-order valence-corrected chi connectivity index (χ0v) is 19.1. The van der Waals surface area contributed by atoms with Gasteiger partial charge in [0.15, 0.2) is 5.79 Å². The van der Waals surface area contributed by atoms with Crippen molar-refractivity contribution in [3.05, 3.63) is 47.5 Å². The third-order valence-electron chi connectivity index (χ3n) is 6.57. The number of aliphatic hydroxyl groups is 2. The number of hydrogen-bond acceptors (Lipinski definition) is 5. The summed E-state index contributed by atoms with van der Waals surface area (Å²) in [6, 6.07) is 8.05. The highest BCUT2D eigenvalue weighted by molar-refractivity contribution is 5.66. The van der Waals surface area contributed by atoms with Crippen LogP contribution in [0.2, 0.25) is 0 Å². The molecule has 6 nitrogen and oxygen atoms in total. The van der Waals surface area contributed by atoms with Crippen LogP contribution in [-0.4, -0.2) is 45.9 Å². The summed E-state index contributed by atoms with van der Waals surface area (Å²) < 4.78 is 11.9. The van der Waals surface area contributed by atoms with Crippen molar-refractivity contribution >= 4 is 5.97 Å². The zero-order chi connectivity index (χ0) is 23.0. The number of hydrogen-bond donors (Lipinski definition) is 3. The lowest BCUT2D eigenvalue weighted by molar-refractivity contribution is -0.202. The van der Waals surface area contributed by atoms with Gasteiger partial charge in [-0.2, -0.15) is 0 Å². The molecule has 178 valence electrons. The van der Waals surface area contributed by atoms with E-state index in [9.17, 15) is 15.0 Å². The molecule has 1 saturated carbocycles. The fraction of sp³-hybridized carbons (Fsp3) is 0.654. The molecule has 2 bridgehead atoms. The predicted molar refractivity (Wildman–Crippen MR) is 122 cm³/mol. The fourth-order valence-corrected chi connectivity index (χ4v) is 5.02. The quantitative estimate of drug-likeness (QED) is 0.310. The first-order valence-electron chi connectivity index (χ1n) is 12.0. The van der Waals surface area contributed by atoms with E-state index < -0.39 is 17.9 Å². The van der Waals surface area contributed by atoms with Gasteiger partial charge in [-0.05, 0) is 42.4 Å². The first-order chi connectivity index (χ1) is 15.4. The summed E-state index contributed by atoms with van der Waals surface area (Å²) in [6.45, 7) is 3.37. The molecule has 1 aromatic carbocycles. The molecule has 1 aromatic rings. The standard InChI is InChI=1S/C26H38O6/c1-2-14-31-18-20-9-7-8-19(15-20)17-26(30)13-12-21-22(24(32-26)16-23(21)27)10-5-3-4-6-11-25(28)29/h7-9,12-13,15,21-24,27,30H,2-6,10-11,14,16-18H2,1H3,(H,28,29)/t21-,22-,23+,24?,26?/m1/s1. The molecule has 6 heteroatoms. The summed E-state index contributed by atoms with van der Waals surface area (Å²) in [5, 5.41) is 30.5. The molecule has 0 aromatic heterocycles. The normalized spacial score (nSPS) is 29.2. The van der Waals surface area contributed by atoms with E-state index >= 15 is 0 Å². The van der Waals surface area contributed by atoms with E-state index in [1.807, 2.05) is 24.3 Å². The van der Waals surface area contributed by atoms with Gasteiger partial charge in [0, 0.05) is 31.8 Å². The number of ether oxygens (including phenoxy) is 2. The molecule has 0 amide bonds. The molecular formula is C26H38O6. The van der Waals surface area contributed by atoms with Crippen LogP contribution in [0.1, 0.15) is 69.4 Å². The highest BCUT2D eigenvalue weighted by atomic mass is 16.6. The summed E-state index contributed by atoms with van der Waals surface area (Å²) in [5.74, 6) is -1.97. The highest BCUT2D eigenvalue weighted by Gasteiger charge is 2.47. The van der Waals surface area contributed by atoms with E-state index in [2.05, 4.69) is 13.0 Å². The van der Waals surface area contributed by atoms with Crippen molar-refractivity contribution in [2.75, 3.05) is 6.61 Å². The monoisotopic (exact) mass is 446 g/mol. The molecule has 1 heterocycles. The van der Waals surface area contributed by atoms with Crippen LogP contribution in [0.15, 0.2) is 36.4 Å². The molecule has 2 aliphatic rings. The maximum atomic E-state index is 11.3. The Kier molecular flexibility index (Phi) is 9.29. The van der Waals surface area contributed by atoms with Crippen molar-refractivity contribution in [1.29, 1.82) is 0 Å². The molecule has 1 aliphatic carbocycles. The minimum absolute atomic E-state index is 0.0122. The average Bonchev–Trinajstić information content (AvgIpc) is 2.94. The molecule has 1 fully saturated rings. The molecule has 32 heavy (non-hydrogen) atoms. The number of benzene rings is 1. The average molecular weight is 447 g/mol. The Labute approximate surface area is 191 Å². The van der Waals surface area contributed by atoms with Gasteiger partial charge in [0.25, 0.3) is 0 Å². The van der Waals surface area contributed by atoms with Gasteiger partial charge >= 0.3 is 5.97 Å². The molecule has 0 radical (unpaired) electrons. The van der Waals surface area contributed by atoms with E-state index in [0.29, 0.717) is 25.9 Å². The van der Waals surface area contributed by atoms with Gasteiger partial charge in [0.1, 0.15) is 0 Å². The van der Waals surface area contributed by atoms with Gasteiger partial charge < -0.3 is 24.8 Å². The van der Waals surface area contributed by atoms with Gasteiger partial charge in [-0.15, -0.1) is 0 Å². The second-order valence-corrected chi connectivity index (χ2v) is 9.30. The second kappa shape index (κ2) is 11.9. The number of aliphatic hydroxyl groups excluding tert-OH is 1. The SMILES string of the molecule is CCCOCc1cccc(CC2(O)C=C[C@H]3[C@@H](O)CC(O2)[C@@H]3CCCCCCC(=O)O)c1. The van der Waals surface area contributed by atoms with E-state index in [-0.39, 0.29) is 24.4 Å². The van der Waals surface area contributed by atoms with Gasteiger partial charge in [0.2, 0.25) is 0 Å². The number of fused-ring (bicyclic) bond motifs is 2. The Bertz CT molecular complexity index is 762. The molecule has 0 saturated heterocycles. The topological polar surface area (TPSA) is 96.2 Å². The Hall–Kier alpha value is -1.73. The highest BCUT2D eigenvalue weighted by Crippen LogP contribution is 2.43. The number of rotatable bonds is 13. The number of carbonyl (C=O) groups is 1. The largest absolute Gasteiger partial charge is 0.481 e. The maximum absolute atomic E-state index is 11.3. The summed E-state index contributed by atoms with van der Waals surface area (Å²) >= 11 is 0. The van der Waals surface area contributed by atoms with Crippen LogP contribution in [0.4, 0.5) is 0 Å². The third kappa shape index (κ3) is 7.14. The van der Waals surface area contributed by atoms with Crippen LogP contribution >= 0.6 is 0 Å². The van der Waals surface area contributed by atoms with E-state index in [4.69, 9.17) is 14.6 Å². The lowest BCUT2D eigenvalue weighted by Gasteiger charge is -2.30. The number of carboxylic acids is 1. The summed E-state index contributed by atoms with van der Waals surface area (Å²) in [7, 11) is 0. The van der Waals surface area contributed by atoms with Crippen molar-refractivity contribution in [2.45, 2.75) is 89.3 Å². The number of unbranched alkanes of at least 4 members (excludes halogenated alkanes) is 3. The van der Waals surface area contributed by atoms with Gasteiger partial charge in [-0.3, -0.25) is 4.79 Å². The van der Waals surface area contributed by atoms with Crippen molar-refractivity contribution in [3.63, 3.8) is 0 Å². The molecule has 2 unspecified atom stereocenters. The third-order valence-corrected chi connectivity index (χ3v) is 6.57. The second-order valence-electron chi connectivity index (χ2n) is 9.30. The Balaban J connectivity index is 1.57. The van der Waals surface area contributed by atoms with E-state index in [1.54, 1.807) is 6.08 Å². The van der Waals surface area contributed by atoms with Crippen LogP contribution in [0.3, 0.4) is 0 Å². The Morgan fingerprint density at radius 1 is 1.22 bits per heavy atom. The van der Waals surface area contributed by atoms with Crippen LogP contribution in [0, 0.1) is 11.8 Å². The summed E-state index contributed by atoms with van der Waals surface area (Å²) in [4.78, 5) is 10.6. The van der Waals surface area contributed by atoms with E-state index in [0.717, 1.165) is 49.8 Å². The first-order valence-corrected chi connectivity index (χ1v) is 12.0. The predicted octanol–water partition coefficient (Wildman–Crippen LogP) is 4.22. The molecule has 5 atom stereocenters.